The van der Waals surface area contributed by atoms with Crippen molar-refractivity contribution in [1.29, 1.82) is 5.26 Å². The summed E-state index contributed by atoms with van der Waals surface area (Å²) in [7, 11) is 0. The molecule has 0 aliphatic heterocycles. The van der Waals surface area contributed by atoms with Gasteiger partial charge in [0.2, 0.25) is 0 Å². The van der Waals surface area contributed by atoms with Gasteiger partial charge < -0.3 is 10.1 Å². The normalized spacial score (nSPS) is 9.33. The number of unbranched alkanes of at least 4 members (excludes halogenated alkanes) is 1. The third-order valence-corrected chi connectivity index (χ3v) is 1.96. The maximum Gasteiger partial charge on any atom is 0.119 e. The molecule has 0 saturated carbocycles. The minimum atomic E-state index is 0.601. The summed E-state index contributed by atoms with van der Waals surface area (Å²) in [5.74, 6) is 0.889. The summed E-state index contributed by atoms with van der Waals surface area (Å²) in [4.78, 5) is 0. The summed E-state index contributed by atoms with van der Waals surface area (Å²) in [6, 6.07) is 9.97. The van der Waals surface area contributed by atoms with Crippen LogP contribution in [0, 0.1) is 11.3 Å². The lowest BCUT2D eigenvalue weighted by atomic mass is 10.3. The zero-order valence-corrected chi connectivity index (χ0v) is 8.99. The Labute approximate surface area is 90.7 Å². The number of hydrogen-bond donors (Lipinski definition) is 1. The standard InChI is InChI=1S/C12H16N2O/c1-2-15-12-7-5-11(6-8-12)14-10-4-3-9-13/h5-8,14H,2-4,10H2,1H3. The fourth-order valence-electron chi connectivity index (χ4n) is 1.24. The van der Waals surface area contributed by atoms with Crippen molar-refractivity contribution in [1.82, 2.24) is 0 Å². The van der Waals surface area contributed by atoms with Gasteiger partial charge in [-0.25, -0.2) is 0 Å². The third-order valence-electron chi connectivity index (χ3n) is 1.96. The molecule has 3 heteroatoms. The molecule has 3 nitrogen and oxygen atoms in total. The van der Waals surface area contributed by atoms with Crippen LogP contribution in [0.1, 0.15) is 19.8 Å². The van der Waals surface area contributed by atoms with Crippen molar-refractivity contribution >= 4 is 5.69 Å². The van der Waals surface area contributed by atoms with E-state index in [0.29, 0.717) is 13.0 Å². The van der Waals surface area contributed by atoms with Crippen molar-refractivity contribution in [2.75, 3.05) is 18.5 Å². The van der Waals surface area contributed by atoms with Crippen LogP contribution in [0.15, 0.2) is 24.3 Å². The molecule has 0 aliphatic carbocycles. The van der Waals surface area contributed by atoms with Gasteiger partial charge in [0.1, 0.15) is 5.75 Å². The molecule has 1 N–H and O–H groups in total. The summed E-state index contributed by atoms with van der Waals surface area (Å²) < 4.78 is 5.33. The van der Waals surface area contributed by atoms with Crippen molar-refractivity contribution in [3.05, 3.63) is 24.3 Å². The Morgan fingerprint density at radius 1 is 1.33 bits per heavy atom. The van der Waals surface area contributed by atoms with Crippen molar-refractivity contribution in [2.24, 2.45) is 0 Å². The highest BCUT2D eigenvalue weighted by molar-refractivity contribution is 5.46. The molecule has 0 atom stereocenters. The Kier molecular flexibility index (Phi) is 5.10. The first kappa shape index (κ1) is 11.4. The van der Waals surface area contributed by atoms with Crippen LogP contribution in [0.2, 0.25) is 0 Å². The van der Waals surface area contributed by atoms with Crippen molar-refractivity contribution in [2.45, 2.75) is 19.8 Å². The third kappa shape index (κ3) is 4.37. The molecule has 0 fully saturated rings. The van der Waals surface area contributed by atoms with Crippen LogP contribution in [0.4, 0.5) is 5.69 Å². The first-order valence-corrected chi connectivity index (χ1v) is 5.20. The van der Waals surface area contributed by atoms with Gasteiger partial charge in [0.15, 0.2) is 0 Å². The number of hydrogen-bond acceptors (Lipinski definition) is 3. The average Bonchev–Trinajstić information content (AvgIpc) is 2.27. The van der Waals surface area contributed by atoms with Crippen molar-refractivity contribution < 1.29 is 4.74 Å². The number of ether oxygens (including phenoxy) is 1. The fourth-order valence-corrected chi connectivity index (χ4v) is 1.24. The number of nitrogens with one attached hydrogen (secondary N) is 1. The van der Waals surface area contributed by atoms with E-state index >= 15 is 0 Å². The second-order valence-corrected chi connectivity index (χ2v) is 3.15. The molecule has 0 aromatic heterocycles. The van der Waals surface area contributed by atoms with Crippen LogP contribution in [0.5, 0.6) is 5.75 Å². The molecule has 1 aromatic carbocycles. The summed E-state index contributed by atoms with van der Waals surface area (Å²) in [6.07, 6.45) is 1.48. The molecule has 0 heterocycles. The topological polar surface area (TPSA) is 45.0 Å². The van der Waals surface area contributed by atoms with Gasteiger partial charge in [0.05, 0.1) is 12.7 Å². The fraction of sp³-hybridized carbons (Fsp3) is 0.417. The molecule has 0 amide bonds. The van der Waals surface area contributed by atoms with E-state index in [4.69, 9.17) is 10.00 Å². The minimum Gasteiger partial charge on any atom is -0.494 e. The first-order valence-electron chi connectivity index (χ1n) is 5.20. The van der Waals surface area contributed by atoms with Gasteiger partial charge in [-0.2, -0.15) is 5.26 Å². The number of rotatable bonds is 6. The maximum atomic E-state index is 8.36. The number of benzene rings is 1. The van der Waals surface area contributed by atoms with Gasteiger partial charge >= 0.3 is 0 Å². The Hall–Kier alpha value is -1.69. The molecule has 0 spiro atoms. The van der Waals surface area contributed by atoms with Crippen LogP contribution < -0.4 is 10.1 Å². The minimum absolute atomic E-state index is 0.601. The second kappa shape index (κ2) is 6.72. The van der Waals surface area contributed by atoms with E-state index in [1.165, 1.54) is 0 Å². The van der Waals surface area contributed by atoms with Crippen molar-refractivity contribution in [3.63, 3.8) is 0 Å². The highest BCUT2D eigenvalue weighted by Crippen LogP contribution is 2.15. The monoisotopic (exact) mass is 204 g/mol. The van der Waals surface area contributed by atoms with Gasteiger partial charge in [0, 0.05) is 18.7 Å². The summed E-state index contributed by atoms with van der Waals surface area (Å²) in [5.41, 5.74) is 1.07. The van der Waals surface area contributed by atoms with Crippen LogP contribution in [-0.4, -0.2) is 13.2 Å². The SMILES string of the molecule is CCOc1ccc(NCCCC#N)cc1. The van der Waals surface area contributed by atoms with E-state index in [1.807, 2.05) is 31.2 Å². The Morgan fingerprint density at radius 3 is 2.67 bits per heavy atom. The summed E-state index contributed by atoms with van der Waals surface area (Å²) >= 11 is 0. The van der Waals surface area contributed by atoms with E-state index in [0.717, 1.165) is 24.4 Å². The molecule has 1 aromatic rings. The molecule has 0 radical (unpaired) electrons. The molecular weight excluding hydrogens is 188 g/mol. The zero-order chi connectivity index (χ0) is 10.9. The van der Waals surface area contributed by atoms with Gasteiger partial charge in [-0.3, -0.25) is 0 Å². The smallest absolute Gasteiger partial charge is 0.119 e. The predicted octanol–water partition coefficient (Wildman–Crippen LogP) is 2.80. The highest BCUT2D eigenvalue weighted by atomic mass is 16.5. The first-order chi connectivity index (χ1) is 7.36. The average molecular weight is 204 g/mol. The molecule has 1 rings (SSSR count). The lowest BCUT2D eigenvalue weighted by Crippen LogP contribution is -2.00. The Bertz CT molecular complexity index is 313. The molecule has 0 unspecified atom stereocenters. The molecular formula is C12H16N2O. The Balaban J connectivity index is 2.33. The van der Waals surface area contributed by atoms with Gasteiger partial charge in [-0.05, 0) is 37.6 Å². The number of nitriles is 1. The molecule has 80 valence electrons. The maximum absolute atomic E-state index is 8.36. The molecule has 0 aliphatic rings. The van der Waals surface area contributed by atoms with E-state index in [1.54, 1.807) is 0 Å². The summed E-state index contributed by atoms with van der Waals surface area (Å²) in [6.45, 7) is 3.49. The number of anilines is 1. The zero-order valence-electron chi connectivity index (χ0n) is 8.99. The van der Waals surface area contributed by atoms with E-state index < -0.39 is 0 Å². The van der Waals surface area contributed by atoms with Gasteiger partial charge in [-0.1, -0.05) is 0 Å². The largest absolute Gasteiger partial charge is 0.494 e. The molecule has 0 bridgehead atoms. The van der Waals surface area contributed by atoms with Crippen LogP contribution in [0.25, 0.3) is 0 Å². The van der Waals surface area contributed by atoms with E-state index in [9.17, 15) is 0 Å². The van der Waals surface area contributed by atoms with Crippen LogP contribution >= 0.6 is 0 Å². The lowest BCUT2D eigenvalue weighted by molar-refractivity contribution is 0.340. The predicted molar refractivity (Wildman–Crippen MR) is 60.9 cm³/mol. The van der Waals surface area contributed by atoms with Gasteiger partial charge in [-0.15, -0.1) is 0 Å². The second-order valence-electron chi connectivity index (χ2n) is 3.15. The number of nitrogens with zero attached hydrogens (tertiary/aromatic N) is 1. The quantitative estimate of drug-likeness (QED) is 0.725. The molecule has 15 heavy (non-hydrogen) atoms. The van der Waals surface area contributed by atoms with E-state index in [2.05, 4.69) is 11.4 Å². The van der Waals surface area contributed by atoms with Crippen LogP contribution in [0.3, 0.4) is 0 Å². The van der Waals surface area contributed by atoms with Gasteiger partial charge in [0.25, 0.3) is 0 Å². The van der Waals surface area contributed by atoms with Crippen molar-refractivity contribution in [3.8, 4) is 11.8 Å². The summed E-state index contributed by atoms with van der Waals surface area (Å²) in [5, 5.41) is 11.6. The lowest BCUT2D eigenvalue weighted by Gasteiger charge is -2.06. The highest BCUT2D eigenvalue weighted by Gasteiger charge is 1.93. The molecule has 0 saturated heterocycles. The van der Waals surface area contributed by atoms with Crippen LogP contribution in [-0.2, 0) is 0 Å². The Morgan fingerprint density at radius 2 is 2.07 bits per heavy atom. The van der Waals surface area contributed by atoms with E-state index in [-0.39, 0.29) is 0 Å².